The van der Waals surface area contributed by atoms with Crippen LogP contribution < -0.4 is 26.1 Å². The summed E-state index contributed by atoms with van der Waals surface area (Å²) in [6, 6.07) is 6.67. The second-order valence-electron chi connectivity index (χ2n) is 9.14. The number of alkyl halides is 3. The maximum Gasteiger partial charge on any atom is 0.435 e. The lowest BCUT2D eigenvalue weighted by Gasteiger charge is -2.14. The molecule has 0 unspecified atom stereocenters. The number of aliphatic imine (C=N–C) groups is 1. The number of carbonyl (C=O) groups is 1. The number of pyridine rings is 1. The lowest BCUT2D eigenvalue weighted by molar-refractivity contribution is -0.141. The highest BCUT2D eigenvalue weighted by atomic mass is 32.2. The molecule has 0 radical (unpaired) electrons. The number of aryl methyl sites for hydroxylation is 1. The van der Waals surface area contributed by atoms with E-state index in [4.69, 9.17) is 19.9 Å². The summed E-state index contributed by atoms with van der Waals surface area (Å²) in [6.07, 6.45) is -0.537. The number of rotatable bonds is 12. The van der Waals surface area contributed by atoms with Crippen LogP contribution in [0.3, 0.4) is 0 Å². The molecule has 3 rings (SSSR count). The lowest BCUT2D eigenvalue weighted by Crippen LogP contribution is -2.29. The fraction of sp³-hybridized carbons (Fsp3) is 0.259. The van der Waals surface area contributed by atoms with Crippen LogP contribution in [0.25, 0.3) is 11.4 Å². The van der Waals surface area contributed by atoms with E-state index in [9.17, 15) is 31.2 Å². The van der Waals surface area contributed by atoms with E-state index >= 15 is 0 Å². The van der Waals surface area contributed by atoms with Crippen LogP contribution in [0.4, 0.5) is 18.9 Å². The van der Waals surface area contributed by atoms with Crippen molar-refractivity contribution in [3.8, 4) is 11.5 Å². The maximum absolute atomic E-state index is 13.3. The number of nitrogens with two attached hydrogens (primary N) is 1. The van der Waals surface area contributed by atoms with Gasteiger partial charge >= 0.3 is 12.1 Å². The third kappa shape index (κ3) is 8.50. The molecule has 0 amide bonds. The number of allylic oxidation sites excluding steroid dienone is 1. The van der Waals surface area contributed by atoms with E-state index in [1.807, 2.05) is 0 Å². The second-order valence-corrected chi connectivity index (χ2v) is 11.4. The Morgan fingerprint density at radius 2 is 1.80 bits per heavy atom. The first-order valence-electron chi connectivity index (χ1n) is 12.4. The minimum atomic E-state index is -4.77. The Labute approximate surface area is 250 Å². The number of anilines is 1. The molecule has 0 bridgehead atoms. The third-order valence-corrected chi connectivity index (χ3v) is 6.82. The molecule has 236 valence electrons. The molecule has 0 aliphatic rings. The number of hydrogen-bond donors (Lipinski definition) is 2. The van der Waals surface area contributed by atoms with Crippen LogP contribution in [-0.2, 0) is 27.3 Å². The fourth-order valence-electron chi connectivity index (χ4n) is 3.71. The summed E-state index contributed by atoms with van der Waals surface area (Å²) in [5.74, 6) is -0.946. The zero-order valence-electron chi connectivity index (χ0n) is 24.0. The first-order valence-corrected chi connectivity index (χ1v) is 14.5. The van der Waals surface area contributed by atoms with Crippen LogP contribution in [0, 0.1) is 0 Å². The molecule has 2 aromatic heterocycles. The van der Waals surface area contributed by atoms with E-state index < -0.39 is 44.6 Å². The van der Waals surface area contributed by atoms with Gasteiger partial charge in [0.15, 0.2) is 5.69 Å². The topological polar surface area (TPSA) is 169 Å². The Kier molecular flexibility index (Phi) is 10.3. The van der Waals surface area contributed by atoms with Crippen LogP contribution in [0.15, 0.2) is 64.9 Å². The van der Waals surface area contributed by atoms with Gasteiger partial charge in [-0.1, -0.05) is 6.58 Å². The average molecular weight is 639 g/mol. The Morgan fingerprint density at radius 3 is 2.32 bits per heavy atom. The van der Waals surface area contributed by atoms with Crippen LogP contribution >= 0.6 is 0 Å². The van der Waals surface area contributed by atoms with Crippen molar-refractivity contribution in [1.82, 2.24) is 14.3 Å². The van der Waals surface area contributed by atoms with Crippen molar-refractivity contribution in [2.45, 2.75) is 12.7 Å². The molecular formula is C27H29F3N6O7S. The van der Waals surface area contributed by atoms with Crippen molar-refractivity contribution in [1.29, 1.82) is 0 Å². The summed E-state index contributed by atoms with van der Waals surface area (Å²) >= 11 is 0. The molecule has 1 aromatic carbocycles. The van der Waals surface area contributed by atoms with Gasteiger partial charge in [0.25, 0.3) is 5.56 Å². The summed E-state index contributed by atoms with van der Waals surface area (Å²) in [6.45, 7) is 3.47. The highest BCUT2D eigenvalue weighted by Gasteiger charge is 2.34. The van der Waals surface area contributed by atoms with Gasteiger partial charge in [-0.25, -0.2) is 22.9 Å². The van der Waals surface area contributed by atoms with Gasteiger partial charge in [0.2, 0.25) is 0 Å². The molecule has 3 aromatic rings. The van der Waals surface area contributed by atoms with Gasteiger partial charge in [-0.05, 0) is 12.1 Å². The summed E-state index contributed by atoms with van der Waals surface area (Å²) in [7, 11) is 0.417. The molecule has 0 saturated heterocycles. The Hall–Kier alpha value is -5.06. The predicted molar refractivity (Wildman–Crippen MR) is 157 cm³/mol. The molecule has 0 atom stereocenters. The zero-order chi connectivity index (χ0) is 32.8. The molecule has 3 N–H and O–H groups in total. The summed E-state index contributed by atoms with van der Waals surface area (Å²) < 4.78 is 80.3. The largest absolute Gasteiger partial charge is 0.497 e. The smallest absolute Gasteiger partial charge is 0.435 e. The Morgan fingerprint density at radius 1 is 1.16 bits per heavy atom. The number of methoxy groups -OCH3 is 3. The molecule has 0 aliphatic carbocycles. The molecule has 0 aliphatic heterocycles. The molecule has 2 heterocycles. The van der Waals surface area contributed by atoms with E-state index in [2.05, 4.69) is 22.0 Å². The summed E-state index contributed by atoms with van der Waals surface area (Å²) in [5.41, 5.74) is 4.04. The standard InChI is InChI=1S/C27H29F3N6O7S/c1-16(33-18-11-19(41-2)13-20(12-18)42-3)32-14-22(24(31)36-7-6-23(34-36)27(28,29)30)17-10-21(26(38)43-4)25(37)35(15-17)8-9-44(5,39)40/h6-7,10-15,33H,1,8-9,31H2,2-5H3/b24-22-,32-14?. The Bertz CT molecular complexity index is 1770. The number of aromatic nitrogens is 3. The highest BCUT2D eigenvalue weighted by Crippen LogP contribution is 2.29. The quantitative estimate of drug-likeness (QED) is 0.222. The van der Waals surface area contributed by atoms with E-state index in [0.717, 1.165) is 41.1 Å². The minimum Gasteiger partial charge on any atom is -0.497 e. The first kappa shape index (κ1) is 33.4. The van der Waals surface area contributed by atoms with Crippen LogP contribution in [-0.4, -0.2) is 68.3 Å². The van der Waals surface area contributed by atoms with E-state index in [-0.39, 0.29) is 29.3 Å². The number of nitrogens with zero attached hydrogens (tertiary/aromatic N) is 4. The number of esters is 1. The SMILES string of the molecule is C=C(N=C/C(=C(\N)n1ccc(C(F)(F)F)n1)c1cc(C(=O)OC)c(=O)n(CCS(C)(=O)=O)c1)Nc1cc(OC)cc(OC)c1. The molecule has 0 saturated carbocycles. The Balaban J connectivity index is 2.18. The number of benzene rings is 1. The van der Waals surface area contributed by atoms with Crippen molar-refractivity contribution < 1.29 is 40.6 Å². The summed E-state index contributed by atoms with van der Waals surface area (Å²) in [5, 5.41) is 6.40. The number of sulfone groups is 1. The van der Waals surface area contributed by atoms with Crippen LogP contribution in [0.5, 0.6) is 11.5 Å². The van der Waals surface area contributed by atoms with Crippen molar-refractivity contribution in [3.63, 3.8) is 0 Å². The normalized spacial score (nSPS) is 12.5. The summed E-state index contributed by atoms with van der Waals surface area (Å²) in [4.78, 5) is 29.7. The molecule has 0 fully saturated rings. The molecular weight excluding hydrogens is 609 g/mol. The van der Waals surface area contributed by atoms with Gasteiger partial charge in [-0.15, -0.1) is 0 Å². The van der Waals surface area contributed by atoms with Crippen molar-refractivity contribution in [2.75, 3.05) is 38.7 Å². The van der Waals surface area contributed by atoms with Gasteiger partial charge in [0, 0.05) is 66.4 Å². The van der Waals surface area contributed by atoms with Crippen molar-refractivity contribution in [3.05, 3.63) is 82.3 Å². The lowest BCUT2D eigenvalue weighted by atomic mass is 10.1. The van der Waals surface area contributed by atoms with Gasteiger partial charge in [0.1, 0.15) is 38.5 Å². The molecule has 13 nitrogen and oxygen atoms in total. The fourth-order valence-corrected chi connectivity index (χ4v) is 4.24. The van der Waals surface area contributed by atoms with Crippen molar-refractivity contribution in [2.24, 2.45) is 10.7 Å². The van der Waals surface area contributed by atoms with Gasteiger partial charge in [0.05, 0.1) is 27.1 Å². The van der Waals surface area contributed by atoms with E-state index in [1.165, 1.54) is 20.4 Å². The van der Waals surface area contributed by atoms with E-state index in [1.54, 1.807) is 18.2 Å². The van der Waals surface area contributed by atoms with E-state index in [0.29, 0.717) is 23.3 Å². The van der Waals surface area contributed by atoms with Crippen LogP contribution in [0.2, 0.25) is 0 Å². The zero-order valence-corrected chi connectivity index (χ0v) is 24.8. The monoisotopic (exact) mass is 638 g/mol. The van der Waals surface area contributed by atoms with Gasteiger partial charge < -0.3 is 29.8 Å². The van der Waals surface area contributed by atoms with Crippen LogP contribution in [0.1, 0.15) is 21.6 Å². The first-order chi connectivity index (χ1) is 20.6. The number of hydrogen-bond acceptors (Lipinski definition) is 11. The average Bonchev–Trinajstić information content (AvgIpc) is 3.47. The number of nitrogens with one attached hydrogen (secondary N) is 1. The minimum absolute atomic E-state index is 0.000315. The van der Waals surface area contributed by atoms with Gasteiger partial charge in [-0.3, -0.25) is 4.79 Å². The third-order valence-electron chi connectivity index (χ3n) is 5.90. The molecule has 17 heteroatoms. The molecule has 0 spiro atoms. The maximum atomic E-state index is 13.3. The number of ether oxygens (including phenoxy) is 3. The number of halogens is 3. The van der Waals surface area contributed by atoms with Gasteiger partial charge in [-0.2, -0.15) is 18.3 Å². The van der Waals surface area contributed by atoms with Crippen molar-refractivity contribution >= 4 is 39.1 Å². The molecule has 44 heavy (non-hydrogen) atoms. The second kappa shape index (κ2) is 13.5. The predicted octanol–water partition coefficient (Wildman–Crippen LogP) is 2.85. The number of carbonyl (C=O) groups excluding carboxylic acids is 1. The highest BCUT2D eigenvalue weighted by molar-refractivity contribution is 7.90.